The summed E-state index contributed by atoms with van der Waals surface area (Å²) in [6.45, 7) is 0. The van der Waals surface area contributed by atoms with Crippen molar-refractivity contribution < 1.29 is 0 Å². The molecule has 2 heteroatoms. The van der Waals surface area contributed by atoms with Gasteiger partial charge < -0.3 is 4.90 Å². The Hall–Kier alpha value is -7.78. The summed E-state index contributed by atoms with van der Waals surface area (Å²) in [5.41, 5.74) is 17.6. The molecule has 0 atom stereocenters. The normalized spacial score (nSPS) is 11.2. The zero-order valence-corrected chi connectivity index (χ0v) is 34.8. The lowest BCUT2D eigenvalue weighted by Crippen LogP contribution is -2.11. The molecule has 0 amide bonds. The van der Waals surface area contributed by atoms with E-state index in [9.17, 15) is 0 Å². The van der Waals surface area contributed by atoms with E-state index in [0.29, 0.717) is 0 Å². The quantitative estimate of drug-likeness (QED) is 0.140. The first kappa shape index (κ1) is 37.2. The number of nitrogens with zero attached hydrogens (tertiary/aromatic N) is 1. The van der Waals surface area contributed by atoms with E-state index in [0.717, 1.165) is 33.8 Å². The van der Waals surface area contributed by atoms with Gasteiger partial charge in [-0.15, -0.1) is 11.3 Å². The van der Waals surface area contributed by atoms with E-state index >= 15 is 0 Å². The molecule has 0 spiro atoms. The summed E-state index contributed by atoms with van der Waals surface area (Å²) in [7, 11) is 0. The SMILES string of the molecule is c1ccc(-c2ccc(N(c3ccc(-c4cccc5sc6ccccc6c45)cc3)c3ccc(-c4cc(-c5ccccc5)ccc4-c4ccccc4)cc3-c3ccccc3)cc2)cc1. The molecule has 1 heterocycles. The molecule has 0 aliphatic heterocycles. The number of anilines is 3. The van der Waals surface area contributed by atoms with E-state index < -0.39 is 0 Å². The van der Waals surface area contributed by atoms with Crippen LogP contribution >= 0.6 is 11.3 Å². The molecule has 292 valence electrons. The summed E-state index contributed by atoms with van der Waals surface area (Å²) in [5, 5.41) is 2.63. The number of fused-ring (bicyclic) bond motifs is 3. The molecule has 0 aliphatic carbocycles. The highest BCUT2D eigenvalue weighted by molar-refractivity contribution is 7.25. The standard InChI is InChI=1S/C60H41NS/c1-5-16-42(17-6-1)44-28-34-50(35-29-44)61(51-36-30-47(31-37-51)53-25-15-27-59-60(53)54-24-13-14-26-58(54)62-59)57-39-33-49(41-56(57)46-22-11-4-12-23-46)55-40-48(43-18-7-2-8-19-43)32-38-52(55)45-20-9-3-10-21-45/h1-41H. The van der Waals surface area contributed by atoms with E-state index in [-0.39, 0.29) is 0 Å². The van der Waals surface area contributed by atoms with Crippen LogP contribution in [-0.2, 0) is 0 Å². The highest BCUT2D eigenvalue weighted by Crippen LogP contribution is 2.46. The fourth-order valence-corrected chi connectivity index (χ4v) is 10.0. The van der Waals surface area contributed by atoms with Gasteiger partial charge in [-0.1, -0.05) is 194 Å². The lowest BCUT2D eigenvalue weighted by molar-refractivity contribution is 1.28. The predicted octanol–water partition coefficient (Wildman–Crippen LogP) is 17.5. The molecule has 11 aromatic rings. The Bertz CT molecular complexity index is 3300. The van der Waals surface area contributed by atoms with Crippen molar-refractivity contribution in [2.75, 3.05) is 4.90 Å². The first-order valence-electron chi connectivity index (χ1n) is 21.2. The Labute approximate surface area is 367 Å². The molecule has 10 aromatic carbocycles. The van der Waals surface area contributed by atoms with Crippen LogP contribution in [0.2, 0.25) is 0 Å². The smallest absolute Gasteiger partial charge is 0.0540 e. The van der Waals surface area contributed by atoms with Crippen LogP contribution in [0.15, 0.2) is 249 Å². The third kappa shape index (κ3) is 7.07. The minimum absolute atomic E-state index is 1.09. The maximum Gasteiger partial charge on any atom is 0.0540 e. The molecule has 0 saturated carbocycles. The van der Waals surface area contributed by atoms with Crippen molar-refractivity contribution in [3.8, 4) is 66.8 Å². The second kappa shape index (κ2) is 16.3. The molecule has 0 bridgehead atoms. The average molecular weight is 808 g/mol. The third-order valence-electron chi connectivity index (χ3n) is 11.9. The average Bonchev–Trinajstić information content (AvgIpc) is 3.75. The first-order valence-corrected chi connectivity index (χ1v) is 22.0. The molecule has 0 unspecified atom stereocenters. The summed E-state index contributed by atoms with van der Waals surface area (Å²) in [4.78, 5) is 2.42. The minimum atomic E-state index is 1.09. The van der Waals surface area contributed by atoms with Crippen LogP contribution in [0.4, 0.5) is 17.1 Å². The minimum Gasteiger partial charge on any atom is -0.310 e. The van der Waals surface area contributed by atoms with Gasteiger partial charge in [0.15, 0.2) is 0 Å². The predicted molar refractivity (Wildman–Crippen MR) is 267 cm³/mol. The fourth-order valence-electron chi connectivity index (χ4n) is 8.88. The maximum absolute atomic E-state index is 2.42. The topological polar surface area (TPSA) is 3.24 Å². The number of benzene rings is 10. The van der Waals surface area contributed by atoms with Crippen LogP contribution in [0, 0.1) is 0 Å². The van der Waals surface area contributed by atoms with E-state index in [1.54, 1.807) is 0 Å². The summed E-state index contributed by atoms with van der Waals surface area (Å²) in [6, 6.07) is 90.4. The molecule has 0 radical (unpaired) electrons. The summed E-state index contributed by atoms with van der Waals surface area (Å²) in [6.07, 6.45) is 0. The molecule has 0 N–H and O–H groups in total. The van der Waals surface area contributed by atoms with Crippen molar-refractivity contribution in [2.45, 2.75) is 0 Å². The Balaban J connectivity index is 1.09. The number of hydrogen-bond donors (Lipinski definition) is 0. The van der Waals surface area contributed by atoms with Crippen LogP contribution < -0.4 is 4.90 Å². The molecular weight excluding hydrogens is 767 g/mol. The van der Waals surface area contributed by atoms with Gasteiger partial charge in [-0.3, -0.25) is 0 Å². The van der Waals surface area contributed by atoms with Gasteiger partial charge in [0.05, 0.1) is 5.69 Å². The van der Waals surface area contributed by atoms with Gasteiger partial charge in [-0.05, 0) is 116 Å². The zero-order valence-electron chi connectivity index (χ0n) is 34.0. The molecule has 62 heavy (non-hydrogen) atoms. The Morgan fingerprint density at radius 3 is 1.35 bits per heavy atom. The van der Waals surface area contributed by atoms with Crippen molar-refractivity contribution in [1.29, 1.82) is 0 Å². The van der Waals surface area contributed by atoms with Gasteiger partial charge in [0.2, 0.25) is 0 Å². The molecule has 0 saturated heterocycles. The van der Waals surface area contributed by atoms with Crippen molar-refractivity contribution in [3.05, 3.63) is 249 Å². The Kier molecular flexibility index (Phi) is 9.82. The van der Waals surface area contributed by atoms with Crippen molar-refractivity contribution in [1.82, 2.24) is 0 Å². The van der Waals surface area contributed by atoms with Gasteiger partial charge in [-0.2, -0.15) is 0 Å². The molecule has 0 aliphatic rings. The lowest BCUT2D eigenvalue weighted by Gasteiger charge is -2.29. The summed E-state index contributed by atoms with van der Waals surface area (Å²) < 4.78 is 2.63. The number of thiophene rings is 1. The Morgan fingerprint density at radius 2 is 0.710 bits per heavy atom. The second-order valence-electron chi connectivity index (χ2n) is 15.7. The lowest BCUT2D eigenvalue weighted by atomic mass is 9.89. The monoisotopic (exact) mass is 807 g/mol. The molecule has 1 nitrogen and oxygen atoms in total. The van der Waals surface area contributed by atoms with Crippen molar-refractivity contribution >= 4 is 48.6 Å². The summed E-state index contributed by atoms with van der Waals surface area (Å²) in [5.74, 6) is 0. The summed E-state index contributed by atoms with van der Waals surface area (Å²) >= 11 is 1.86. The molecule has 1 aromatic heterocycles. The van der Waals surface area contributed by atoms with Crippen LogP contribution in [0.3, 0.4) is 0 Å². The number of rotatable bonds is 9. The Morgan fingerprint density at radius 1 is 0.258 bits per heavy atom. The van der Waals surface area contributed by atoms with Gasteiger partial charge in [0, 0.05) is 37.1 Å². The van der Waals surface area contributed by atoms with Crippen LogP contribution in [0.5, 0.6) is 0 Å². The van der Waals surface area contributed by atoms with Crippen LogP contribution in [0.1, 0.15) is 0 Å². The maximum atomic E-state index is 2.42. The highest BCUT2D eigenvalue weighted by atomic mass is 32.1. The van der Waals surface area contributed by atoms with E-state index in [2.05, 4.69) is 254 Å². The van der Waals surface area contributed by atoms with Gasteiger partial charge >= 0.3 is 0 Å². The number of hydrogen-bond acceptors (Lipinski definition) is 2. The molecular formula is C60H41NS. The van der Waals surface area contributed by atoms with E-state index in [4.69, 9.17) is 0 Å². The molecule has 0 fully saturated rings. The van der Waals surface area contributed by atoms with Gasteiger partial charge in [0.1, 0.15) is 0 Å². The van der Waals surface area contributed by atoms with Crippen LogP contribution in [0.25, 0.3) is 86.9 Å². The van der Waals surface area contributed by atoms with E-state index in [1.165, 1.54) is 70.2 Å². The fraction of sp³-hybridized carbons (Fsp3) is 0. The van der Waals surface area contributed by atoms with Crippen molar-refractivity contribution in [2.24, 2.45) is 0 Å². The molecule has 11 rings (SSSR count). The van der Waals surface area contributed by atoms with Crippen molar-refractivity contribution in [3.63, 3.8) is 0 Å². The highest BCUT2D eigenvalue weighted by Gasteiger charge is 2.21. The third-order valence-corrected chi connectivity index (χ3v) is 13.1. The first-order chi connectivity index (χ1) is 30.7. The van der Waals surface area contributed by atoms with E-state index in [1.807, 2.05) is 11.3 Å². The second-order valence-corrected chi connectivity index (χ2v) is 16.7. The largest absolute Gasteiger partial charge is 0.310 e. The van der Waals surface area contributed by atoms with Crippen LogP contribution in [-0.4, -0.2) is 0 Å². The van der Waals surface area contributed by atoms with Gasteiger partial charge in [0.25, 0.3) is 0 Å². The van der Waals surface area contributed by atoms with Gasteiger partial charge in [-0.25, -0.2) is 0 Å². The zero-order chi connectivity index (χ0) is 41.2.